The van der Waals surface area contributed by atoms with Gasteiger partial charge in [0.2, 0.25) is 0 Å². The molecule has 0 rings (SSSR count). The number of nitrogens with zero attached hydrogens (tertiary/aromatic N) is 3. The van der Waals surface area contributed by atoms with Gasteiger partial charge in [-0.2, -0.15) is 0 Å². The van der Waals surface area contributed by atoms with E-state index in [-0.39, 0.29) is 0 Å². The highest BCUT2D eigenvalue weighted by Crippen LogP contribution is 2.43. The van der Waals surface area contributed by atoms with Crippen LogP contribution >= 0.6 is 0 Å². The molecule has 4 nitrogen and oxygen atoms in total. The minimum atomic E-state index is -1.68. The third-order valence-electron chi connectivity index (χ3n) is 8.14. The molecule has 0 aromatic carbocycles. The summed E-state index contributed by atoms with van der Waals surface area (Å²) in [6, 6.07) is 1.32. The third-order valence-corrected chi connectivity index (χ3v) is 10.8. The molecule has 0 aliphatic heterocycles. The van der Waals surface area contributed by atoms with Gasteiger partial charge in [0.05, 0.1) is 0 Å². The number of hydrogen-bond donors (Lipinski definition) is 0. The van der Waals surface area contributed by atoms with Crippen molar-refractivity contribution in [2.24, 2.45) is 5.41 Å². The van der Waals surface area contributed by atoms with Gasteiger partial charge in [0.1, 0.15) is 0 Å². The summed E-state index contributed by atoms with van der Waals surface area (Å²) in [7, 11) is 0.306. The van der Waals surface area contributed by atoms with Gasteiger partial charge in [0, 0.05) is 7.11 Å². The van der Waals surface area contributed by atoms with E-state index in [1.54, 1.807) is 0 Å². The highest BCUT2D eigenvalue weighted by Gasteiger charge is 2.37. The van der Waals surface area contributed by atoms with Crippen molar-refractivity contribution in [3.05, 3.63) is 0 Å². The van der Waals surface area contributed by atoms with Crippen LogP contribution in [0.15, 0.2) is 0 Å². The summed E-state index contributed by atoms with van der Waals surface area (Å²) >= 11 is 0. The first kappa shape index (κ1) is 37.1. The standard InChI is InChI=1S/C32H71N3OSi/c1-10-22-33(23-11-2)28-16-19-32(31-37(8,9)36-7,20-17-29-34(24-12-3)25-13-4)21-18-30-35(26-14-5)27-15-6/h10-31H2,1-9H3. The van der Waals surface area contributed by atoms with Gasteiger partial charge in [-0.3, -0.25) is 0 Å². The SMILES string of the molecule is CCCN(CCC)CCCC(CCCN(CCC)CCC)(CCCN(CCC)CCC)C[Si](C)(C)OC. The van der Waals surface area contributed by atoms with E-state index in [2.05, 4.69) is 69.3 Å². The zero-order valence-electron chi connectivity index (χ0n) is 27.3. The van der Waals surface area contributed by atoms with Gasteiger partial charge in [-0.05, 0) is 161 Å². The molecule has 0 saturated heterocycles. The van der Waals surface area contributed by atoms with E-state index < -0.39 is 8.32 Å². The van der Waals surface area contributed by atoms with Crippen molar-refractivity contribution in [3.63, 3.8) is 0 Å². The Kier molecular flexibility index (Phi) is 22.9. The molecule has 0 bridgehead atoms. The normalized spacial score (nSPS) is 13.0. The number of rotatable bonds is 27. The second-order valence-electron chi connectivity index (χ2n) is 12.5. The lowest BCUT2D eigenvalue weighted by molar-refractivity contribution is 0.168. The van der Waals surface area contributed by atoms with E-state index in [9.17, 15) is 0 Å². The minimum Gasteiger partial charge on any atom is -0.420 e. The summed E-state index contributed by atoms with van der Waals surface area (Å²) in [5.74, 6) is 0. The van der Waals surface area contributed by atoms with Crippen LogP contribution in [-0.4, -0.2) is 89.0 Å². The first-order valence-corrected chi connectivity index (χ1v) is 19.6. The lowest BCUT2D eigenvalue weighted by atomic mass is 9.76. The van der Waals surface area contributed by atoms with Crippen LogP contribution in [0.25, 0.3) is 0 Å². The largest absolute Gasteiger partial charge is 0.420 e. The molecule has 0 radical (unpaired) electrons. The molecule has 0 N–H and O–H groups in total. The first-order valence-electron chi connectivity index (χ1n) is 16.5. The quantitative estimate of drug-likeness (QED) is 0.0970. The molecule has 0 aromatic rings. The average molecular weight is 542 g/mol. The maximum atomic E-state index is 6.21. The Morgan fingerprint density at radius 3 is 0.973 bits per heavy atom. The maximum absolute atomic E-state index is 6.21. The molecule has 0 saturated carbocycles. The molecular formula is C32H71N3OSi. The topological polar surface area (TPSA) is 19.0 Å². The van der Waals surface area contributed by atoms with Crippen LogP contribution in [0.4, 0.5) is 0 Å². The molecule has 224 valence electrons. The van der Waals surface area contributed by atoms with Gasteiger partial charge in [0.25, 0.3) is 0 Å². The van der Waals surface area contributed by atoms with Crippen LogP contribution in [0.5, 0.6) is 0 Å². The molecule has 0 heterocycles. The summed E-state index contributed by atoms with van der Waals surface area (Å²) < 4.78 is 6.21. The van der Waals surface area contributed by atoms with Crippen LogP contribution < -0.4 is 0 Å². The Morgan fingerprint density at radius 2 is 0.757 bits per heavy atom. The molecule has 0 aliphatic carbocycles. The van der Waals surface area contributed by atoms with Gasteiger partial charge in [-0.1, -0.05) is 41.5 Å². The van der Waals surface area contributed by atoms with Gasteiger partial charge in [-0.15, -0.1) is 0 Å². The van der Waals surface area contributed by atoms with Gasteiger partial charge in [0.15, 0.2) is 8.32 Å². The zero-order valence-corrected chi connectivity index (χ0v) is 28.3. The Hall–Kier alpha value is 0.0569. The third kappa shape index (κ3) is 18.1. The van der Waals surface area contributed by atoms with Crippen molar-refractivity contribution in [1.29, 1.82) is 0 Å². The first-order chi connectivity index (χ1) is 17.7. The van der Waals surface area contributed by atoms with E-state index in [4.69, 9.17) is 4.43 Å². The van der Waals surface area contributed by atoms with E-state index in [1.807, 2.05) is 7.11 Å². The van der Waals surface area contributed by atoms with Crippen molar-refractivity contribution in [3.8, 4) is 0 Å². The van der Waals surface area contributed by atoms with Crippen LogP contribution in [0.3, 0.4) is 0 Å². The fourth-order valence-electron chi connectivity index (χ4n) is 6.55. The second kappa shape index (κ2) is 22.8. The van der Waals surface area contributed by atoms with Crippen LogP contribution in [0.1, 0.15) is 119 Å². The lowest BCUT2D eigenvalue weighted by Gasteiger charge is -2.41. The average Bonchev–Trinajstić information content (AvgIpc) is 2.84. The van der Waals surface area contributed by atoms with E-state index >= 15 is 0 Å². The Balaban J connectivity index is 5.64. The molecule has 0 aliphatic rings. The van der Waals surface area contributed by atoms with E-state index in [0.717, 1.165) is 0 Å². The molecule has 0 atom stereocenters. The predicted molar refractivity (Wildman–Crippen MR) is 170 cm³/mol. The highest BCUT2D eigenvalue weighted by molar-refractivity contribution is 6.71. The zero-order chi connectivity index (χ0) is 28.0. The summed E-state index contributed by atoms with van der Waals surface area (Å²) in [5.41, 5.74) is 0.435. The lowest BCUT2D eigenvalue weighted by Crippen LogP contribution is -2.39. The fraction of sp³-hybridized carbons (Fsp3) is 1.00. The van der Waals surface area contributed by atoms with Crippen molar-refractivity contribution >= 4 is 8.32 Å². The van der Waals surface area contributed by atoms with E-state index in [1.165, 1.54) is 142 Å². The molecule has 0 aromatic heterocycles. The Labute approximate surface area is 236 Å². The monoisotopic (exact) mass is 542 g/mol. The molecule has 0 spiro atoms. The molecule has 0 amide bonds. The molecule has 0 unspecified atom stereocenters. The summed E-state index contributed by atoms with van der Waals surface area (Å²) in [6.07, 6.45) is 15.8. The van der Waals surface area contributed by atoms with Gasteiger partial charge < -0.3 is 19.1 Å². The second-order valence-corrected chi connectivity index (χ2v) is 16.8. The van der Waals surface area contributed by atoms with Crippen LogP contribution in [0, 0.1) is 5.41 Å². The summed E-state index contributed by atoms with van der Waals surface area (Å²) in [6.45, 7) is 30.2. The smallest absolute Gasteiger partial charge is 0.186 e. The Morgan fingerprint density at radius 1 is 0.486 bits per heavy atom. The fourth-order valence-corrected chi connectivity index (χ4v) is 9.03. The van der Waals surface area contributed by atoms with Gasteiger partial charge in [-0.25, -0.2) is 0 Å². The van der Waals surface area contributed by atoms with Crippen molar-refractivity contribution in [1.82, 2.24) is 14.7 Å². The highest BCUT2D eigenvalue weighted by atomic mass is 28.4. The van der Waals surface area contributed by atoms with Gasteiger partial charge >= 0.3 is 0 Å². The Bertz CT molecular complexity index is 429. The van der Waals surface area contributed by atoms with Crippen molar-refractivity contribution in [2.45, 2.75) is 138 Å². The van der Waals surface area contributed by atoms with Crippen molar-refractivity contribution in [2.75, 3.05) is 66.0 Å². The van der Waals surface area contributed by atoms with Crippen LogP contribution in [-0.2, 0) is 4.43 Å². The molecule has 37 heavy (non-hydrogen) atoms. The maximum Gasteiger partial charge on any atom is 0.186 e. The molecule has 0 fully saturated rings. The minimum absolute atomic E-state index is 0.435. The summed E-state index contributed by atoms with van der Waals surface area (Å²) in [4.78, 5) is 8.16. The van der Waals surface area contributed by atoms with Crippen molar-refractivity contribution < 1.29 is 4.43 Å². The molecular weight excluding hydrogens is 470 g/mol. The summed E-state index contributed by atoms with van der Waals surface area (Å²) in [5, 5.41) is 0. The molecule has 5 heteroatoms. The predicted octanol–water partition coefficient (Wildman–Crippen LogP) is 8.53. The van der Waals surface area contributed by atoms with Crippen LogP contribution in [0.2, 0.25) is 19.1 Å². The van der Waals surface area contributed by atoms with E-state index in [0.29, 0.717) is 5.41 Å². The number of hydrogen-bond acceptors (Lipinski definition) is 4.